The predicted octanol–water partition coefficient (Wildman–Crippen LogP) is 5.80. The largest absolute Gasteiger partial charge is 0.312 e. The van der Waals surface area contributed by atoms with Crippen LogP contribution >= 0.6 is 11.3 Å². The summed E-state index contributed by atoms with van der Waals surface area (Å²) in [6.45, 7) is 2.66. The first-order valence-electron chi connectivity index (χ1n) is 12.0. The molecule has 1 aliphatic rings. The zero-order valence-corrected chi connectivity index (χ0v) is 20.7. The smallest absolute Gasteiger partial charge is 0.258 e. The molecule has 0 aliphatic carbocycles. The van der Waals surface area contributed by atoms with Crippen LogP contribution in [0, 0.1) is 0 Å². The van der Waals surface area contributed by atoms with E-state index in [9.17, 15) is 9.59 Å². The third-order valence-corrected chi connectivity index (χ3v) is 7.23. The van der Waals surface area contributed by atoms with Crippen LogP contribution < -0.4 is 10.2 Å². The van der Waals surface area contributed by atoms with Gasteiger partial charge in [0.2, 0.25) is 11.0 Å². The average molecular weight is 495 g/mol. The van der Waals surface area contributed by atoms with Crippen LogP contribution in [0.15, 0.2) is 84.9 Å². The highest BCUT2D eigenvalue weighted by molar-refractivity contribution is 7.15. The number of amides is 2. The fourth-order valence-corrected chi connectivity index (χ4v) is 5.09. The maximum atomic E-state index is 13.3. The molecule has 1 fully saturated rings. The molecule has 0 radical (unpaired) electrons. The first kappa shape index (κ1) is 23.6. The molecule has 1 unspecified atom stereocenters. The van der Waals surface area contributed by atoms with Crippen LogP contribution in [0.3, 0.4) is 0 Å². The lowest BCUT2D eigenvalue weighted by Gasteiger charge is -2.16. The zero-order valence-electron chi connectivity index (χ0n) is 19.9. The van der Waals surface area contributed by atoms with E-state index in [1.54, 1.807) is 4.90 Å². The molecule has 1 N–H and O–H groups in total. The molecule has 6 nitrogen and oxygen atoms in total. The lowest BCUT2D eigenvalue weighted by molar-refractivity contribution is -0.117. The lowest BCUT2D eigenvalue weighted by atomic mass is 10.0. The van der Waals surface area contributed by atoms with Crippen molar-refractivity contribution in [3.8, 4) is 0 Å². The normalized spacial score (nSPS) is 15.8. The SMILES string of the molecule is CCc1ccc(N2CC(c3nnc(NC(=O)/C(=C/c4ccccc4)c4ccccc4)s3)CC2=O)cc1. The summed E-state index contributed by atoms with van der Waals surface area (Å²) in [6, 6.07) is 27.4. The van der Waals surface area contributed by atoms with Crippen molar-refractivity contribution in [1.29, 1.82) is 0 Å². The summed E-state index contributed by atoms with van der Waals surface area (Å²) in [6.07, 6.45) is 3.20. The molecular formula is C29H26N4O2S. The Morgan fingerprint density at radius 2 is 1.69 bits per heavy atom. The molecule has 7 heteroatoms. The molecular weight excluding hydrogens is 468 g/mol. The Labute approximate surface area is 214 Å². The second kappa shape index (κ2) is 10.7. The van der Waals surface area contributed by atoms with Gasteiger partial charge in [-0.3, -0.25) is 14.9 Å². The van der Waals surface area contributed by atoms with E-state index >= 15 is 0 Å². The number of rotatable bonds is 7. The number of nitrogens with one attached hydrogen (secondary N) is 1. The Hall–Kier alpha value is -4.10. The fraction of sp³-hybridized carbons (Fsp3) is 0.172. The van der Waals surface area contributed by atoms with E-state index in [1.807, 2.05) is 78.9 Å². The molecule has 2 heterocycles. The van der Waals surface area contributed by atoms with E-state index in [0.29, 0.717) is 23.7 Å². The summed E-state index contributed by atoms with van der Waals surface area (Å²) in [5.74, 6) is -0.241. The second-order valence-corrected chi connectivity index (χ2v) is 9.67. The maximum Gasteiger partial charge on any atom is 0.258 e. The van der Waals surface area contributed by atoms with Crippen LogP contribution in [0.1, 0.15) is 41.0 Å². The van der Waals surface area contributed by atoms with Gasteiger partial charge in [-0.15, -0.1) is 10.2 Å². The van der Waals surface area contributed by atoms with E-state index in [0.717, 1.165) is 28.2 Å². The average Bonchev–Trinajstić information content (AvgIpc) is 3.55. The third kappa shape index (κ3) is 5.26. The number of aromatic nitrogens is 2. The monoisotopic (exact) mass is 494 g/mol. The van der Waals surface area contributed by atoms with Gasteiger partial charge in [-0.2, -0.15) is 0 Å². The summed E-state index contributed by atoms with van der Waals surface area (Å²) in [4.78, 5) is 27.8. The number of aryl methyl sites for hydroxylation is 1. The van der Waals surface area contributed by atoms with Gasteiger partial charge in [-0.05, 0) is 41.3 Å². The van der Waals surface area contributed by atoms with Crippen LogP contribution in [0.25, 0.3) is 11.6 Å². The minimum Gasteiger partial charge on any atom is -0.312 e. The van der Waals surface area contributed by atoms with Gasteiger partial charge in [0, 0.05) is 30.1 Å². The van der Waals surface area contributed by atoms with Gasteiger partial charge in [0.15, 0.2) is 0 Å². The summed E-state index contributed by atoms with van der Waals surface area (Å²) in [5, 5.41) is 12.6. The van der Waals surface area contributed by atoms with Crippen molar-refractivity contribution >= 4 is 45.6 Å². The standard InChI is InChI=1S/C29H26N4O2S/c1-2-20-13-15-24(16-14-20)33-19-23(18-26(33)34)28-31-32-29(36-28)30-27(35)25(22-11-7-4-8-12-22)17-21-9-5-3-6-10-21/h3-17,23H,2,18-19H2,1H3,(H,30,32,35)/b25-17+. The van der Waals surface area contributed by atoms with Crippen LogP contribution in [0.4, 0.5) is 10.8 Å². The highest BCUT2D eigenvalue weighted by atomic mass is 32.1. The lowest BCUT2D eigenvalue weighted by Crippen LogP contribution is -2.24. The molecule has 36 heavy (non-hydrogen) atoms. The molecule has 2 amide bonds. The molecule has 5 rings (SSSR count). The van der Waals surface area contributed by atoms with Crippen LogP contribution in [-0.2, 0) is 16.0 Å². The highest BCUT2D eigenvalue weighted by Crippen LogP contribution is 2.34. The first-order valence-corrected chi connectivity index (χ1v) is 12.8. The minimum atomic E-state index is -0.257. The Kier molecular flexibility index (Phi) is 7.00. The van der Waals surface area contributed by atoms with E-state index < -0.39 is 0 Å². The van der Waals surface area contributed by atoms with Gasteiger partial charge in [0.05, 0.1) is 0 Å². The molecule has 1 atom stereocenters. The molecule has 1 aliphatic heterocycles. The topological polar surface area (TPSA) is 75.2 Å². The van der Waals surface area contributed by atoms with Crippen molar-refractivity contribution in [1.82, 2.24) is 10.2 Å². The van der Waals surface area contributed by atoms with Crippen molar-refractivity contribution in [3.05, 3.63) is 107 Å². The van der Waals surface area contributed by atoms with Gasteiger partial charge in [0.1, 0.15) is 5.01 Å². The quantitative estimate of drug-likeness (QED) is 0.260. The second-order valence-electron chi connectivity index (χ2n) is 8.66. The minimum absolute atomic E-state index is 0.0556. The van der Waals surface area contributed by atoms with Gasteiger partial charge in [-0.1, -0.05) is 91.1 Å². The number of benzene rings is 3. The number of carbonyl (C=O) groups excluding carboxylic acids is 2. The number of nitrogens with zero attached hydrogens (tertiary/aromatic N) is 3. The molecule has 0 saturated carbocycles. The summed E-state index contributed by atoms with van der Waals surface area (Å²) in [5.41, 5.74) is 4.42. The molecule has 1 aromatic heterocycles. The Bertz CT molecular complexity index is 1380. The fourth-order valence-electron chi connectivity index (χ4n) is 4.26. The molecule has 4 aromatic rings. The van der Waals surface area contributed by atoms with E-state index in [2.05, 4.69) is 34.6 Å². The van der Waals surface area contributed by atoms with Gasteiger partial charge in [-0.25, -0.2) is 0 Å². The highest BCUT2D eigenvalue weighted by Gasteiger charge is 2.34. The van der Waals surface area contributed by atoms with Gasteiger partial charge >= 0.3 is 0 Å². The number of hydrogen-bond donors (Lipinski definition) is 1. The van der Waals surface area contributed by atoms with Crippen molar-refractivity contribution in [2.75, 3.05) is 16.8 Å². The van der Waals surface area contributed by atoms with Crippen LogP contribution in [0.2, 0.25) is 0 Å². The van der Waals surface area contributed by atoms with Crippen molar-refractivity contribution in [3.63, 3.8) is 0 Å². The first-order chi connectivity index (χ1) is 17.6. The summed E-state index contributed by atoms with van der Waals surface area (Å²) < 4.78 is 0. The van der Waals surface area contributed by atoms with E-state index in [4.69, 9.17) is 0 Å². The Morgan fingerprint density at radius 3 is 2.39 bits per heavy atom. The Morgan fingerprint density at radius 1 is 1.00 bits per heavy atom. The van der Waals surface area contributed by atoms with Crippen molar-refractivity contribution in [2.24, 2.45) is 0 Å². The van der Waals surface area contributed by atoms with Gasteiger partial charge < -0.3 is 4.90 Å². The molecule has 180 valence electrons. The van der Waals surface area contributed by atoms with Gasteiger partial charge in [0.25, 0.3) is 5.91 Å². The van der Waals surface area contributed by atoms with Crippen LogP contribution in [0.5, 0.6) is 0 Å². The summed E-state index contributed by atoms with van der Waals surface area (Å²) >= 11 is 1.32. The van der Waals surface area contributed by atoms with Crippen LogP contribution in [-0.4, -0.2) is 28.6 Å². The van der Waals surface area contributed by atoms with E-state index in [-0.39, 0.29) is 17.7 Å². The molecule has 1 saturated heterocycles. The molecule has 3 aromatic carbocycles. The molecule has 0 spiro atoms. The summed E-state index contributed by atoms with van der Waals surface area (Å²) in [7, 11) is 0. The number of carbonyl (C=O) groups is 2. The maximum absolute atomic E-state index is 13.3. The number of anilines is 2. The van der Waals surface area contributed by atoms with E-state index in [1.165, 1.54) is 16.9 Å². The zero-order chi connectivity index (χ0) is 24.9. The number of hydrogen-bond acceptors (Lipinski definition) is 5. The van der Waals surface area contributed by atoms with Crippen molar-refractivity contribution in [2.45, 2.75) is 25.7 Å². The Balaban J connectivity index is 1.32. The predicted molar refractivity (Wildman–Crippen MR) is 145 cm³/mol. The van der Waals surface area contributed by atoms with Crippen molar-refractivity contribution < 1.29 is 9.59 Å². The molecule has 0 bridgehead atoms. The third-order valence-electron chi connectivity index (χ3n) is 6.23.